The highest BCUT2D eigenvalue weighted by Crippen LogP contribution is 2.18. The summed E-state index contributed by atoms with van der Waals surface area (Å²) in [6.07, 6.45) is 2.15. The Bertz CT molecular complexity index is 182. The molecule has 0 saturated carbocycles. The number of nitrogens with zero attached hydrogens (tertiary/aromatic N) is 1. The fraction of sp³-hybridized carbons (Fsp3) is 0.889. The zero-order valence-electron chi connectivity index (χ0n) is 8.54. The SMILES string of the molecule is CSCC(C)CNC1=NCC(C)S1. The van der Waals surface area contributed by atoms with E-state index >= 15 is 0 Å². The minimum Gasteiger partial charge on any atom is -0.365 e. The van der Waals surface area contributed by atoms with Crippen molar-refractivity contribution in [3.8, 4) is 0 Å². The summed E-state index contributed by atoms with van der Waals surface area (Å²) >= 11 is 3.76. The molecule has 0 fully saturated rings. The Labute approximate surface area is 89.3 Å². The highest BCUT2D eigenvalue weighted by atomic mass is 32.2. The third kappa shape index (κ3) is 4.27. The van der Waals surface area contributed by atoms with Crippen molar-refractivity contribution in [3.05, 3.63) is 0 Å². The fourth-order valence-corrected chi connectivity index (χ4v) is 2.71. The average molecular weight is 218 g/mol. The molecule has 0 amide bonds. The first-order chi connectivity index (χ1) is 6.22. The van der Waals surface area contributed by atoms with Gasteiger partial charge in [0.25, 0.3) is 0 Å². The molecule has 0 spiro atoms. The first kappa shape index (κ1) is 11.2. The molecule has 0 radical (unpaired) electrons. The van der Waals surface area contributed by atoms with Crippen LogP contribution in [0.4, 0.5) is 0 Å². The highest BCUT2D eigenvalue weighted by Gasteiger charge is 2.14. The molecule has 2 atom stereocenters. The van der Waals surface area contributed by atoms with Crippen LogP contribution in [0.25, 0.3) is 0 Å². The maximum atomic E-state index is 4.41. The van der Waals surface area contributed by atoms with Crippen LogP contribution in [0.3, 0.4) is 0 Å². The topological polar surface area (TPSA) is 24.4 Å². The Morgan fingerprint density at radius 2 is 2.54 bits per heavy atom. The first-order valence-corrected chi connectivity index (χ1v) is 6.93. The van der Waals surface area contributed by atoms with Crippen LogP contribution in [0.15, 0.2) is 4.99 Å². The number of hydrogen-bond acceptors (Lipinski definition) is 4. The van der Waals surface area contributed by atoms with Gasteiger partial charge >= 0.3 is 0 Å². The van der Waals surface area contributed by atoms with Gasteiger partial charge < -0.3 is 5.32 Å². The lowest BCUT2D eigenvalue weighted by molar-refractivity contribution is 0.638. The summed E-state index contributed by atoms with van der Waals surface area (Å²) in [5, 5.41) is 5.20. The van der Waals surface area contributed by atoms with E-state index in [0.717, 1.165) is 24.2 Å². The molecule has 1 aliphatic heterocycles. The van der Waals surface area contributed by atoms with Crippen molar-refractivity contribution in [2.45, 2.75) is 19.1 Å². The summed E-state index contributed by atoms with van der Waals surface area (Å²) in [5.74, 6) is 1.95. The van der Waals surface area contributed by atoms with Gasteiger partial charge in [-0.05, 0) is 17.9 Å². The molecule has 2 nitrogen and oxygen atoms in total. The van der Waals surface area contributed by atoms with Gasteiger partial charge in [-0.25, -0.2) is 0 Å². The molecule has 2 unspecified atom stereocenters. The zero-order chi connectivity index (χ0) is 9.68. The predicted molar refractivity (Wildman–Crippen MR) is 64.9 cm³/mol. The number of hydrogen-bond donors (Lipinski definition) is 1. The molecule has 1 aliphatic rings. The average Bonchev–Trinajstić information content (AvgIpc) is 2.49. The minimum absolute atomic E-state index is 0.665. The monoisotopic (exact) mass is 218 g/mol. The lowest BCUT2D eigenvalue weighted by Gasteiger charge is -2.11. The van der Waals surface area contributed by atoms with Crippen LogP contribution < -0.4 is 5.32 Å². The summed E-state index contributed by atoms with van der Waals surface area (Å²) in [4.78, 5) is 4.41. The van der Waals surface area contributed by atoms with Crippen molar-refractivity contribution in [2.24, 2.45) is 10.9 Å². The number of nitrogens with one attached hydrogen (secondary N) is 1. The lowest BCUT2D eigenvalue weighted by atomic mass is 10.2. The number of aliphatic imine (C=N–C) groups is 1. The van der Waals surface area contributed by atoms with E-state index in [0.29, 0.717) is 5.25 Å². The maximum absolute atomic E-state index is 4.41. The second-order valence-electron chi connectivity index (χ2n) is 3.52. The number of rotatable bonds is 4. The normalized spacial score (nSPS) is 24.2. The molecule has 76 valence electrons. The second-order valence-corrected chi connectivity index (χ2v) is 5.85. The van der Waals surface area contributed by atoms with Gasteiger partial charge in [-0.15, -0.1) is 0 Å². The quantitative estimate of drug-likeness (QED) is 0.782. The van der Waals surface area contributed by atoms with E-state index in [1.807, 2.05) is 23.5 Å². The fourth-order valence-electron chi connectivity index (χ4n) is 1.18. The van der Waals surface area contributed by atoms with Crippen LogP contribution in [0.2, 0.25) is 0 Å². The number of amidine groups is 1. The maximum Gasteiger partial charge on any atom is 0.156 e. The Balaban J connectivity index is 2.12. The van der Waals surface area contributed by atoms with E-state index in [-0.39, 0.29) is 0 Å². The van der Waals surface area contributed by atoms with E-state index in [4.69, 9.17) is 0 Å². The molecule has 0 aromatic heterocycles. The van der Waals surface area contributed by atoms with Crippen LogP contribution in [0.5, 0.6) is 0 Å². The Kier molecular flexibility index (Phi) is 5.02. The Morgan fingerprint density at radius 3 is 3.08 bits per heavy atom. The molecule has 1 heterocycles. The van der Waals surface area contributed by atoms with E-state index in [9.17, 15) is 0 Å². The van der Waals surface area contributed by atoms with Crippen molar-refractivity contribution in [1.82, 2.24) is 5.32 Å². The number of thioether (sulfide) groups is 2. The highest BCUT2D eigenvalue weighted by molar-refractivity contribution is 8.14. The summed E-state index contributed by atoms with van der Waals surface area (Å²) in [5.41, 5.74) is 0. The molecule has 13 heavy (non-hydrogen) atoms. The van der Waals surface area contributed by atoms with Crippen molar-refractivity contribution in [1.29, 1.82) is 0 Å². The summed E-state index contributed by atoms with van der Waals surface area (Å²) in [6.45, 7) is 6.52. The smallest absolute Gasteiger partial charge is 0.156 e. The van der Waals surface area contributed by atoms with Gasteiger partial charge in [0.2, 0.25) is 0 Å². The molecule has 0 aromatic rings. The molecular formula is C9H18N2S2. The van der Waals surface area contributed by atoms with E-state index < -0.39 is 0 Å². The molecular weight excluding hydrogens is 200 g/mol. The van der Waals surface area contributed by atoms with Gasteiger partial charge in [0, 0.05) is 11.8 Å². The van der Waals surface area contributed by atoms with Crippen molar-refractivity contribution in [2.75, 3.05) is 25.1 Å². The van der Waals surface area contributed by atoms with E-state index in [1.54, 1.807) is 0 Å². The van der Waals surface area contributed by atoms with Crippen molar-refractivity contribution >= 4 is 28.7 Å². The van der Waals surface area contributed by atoms with Crippen LogP contribution in [-0.4, -0.2) is 35.5 Å². The Morgan fingerprint density at radius 1 is 1.77 bits per heavy atom. The molecule has 1 rings (SSSR count). The van der Waals surface area contributed by atoms with Crippen molar-refractivity contribution in [3.63, 3.8) is 0 Å². The standard InChI is InChI=1S/C9H18N2S2/c1-7(6-12-3)4-10-9-11-5-8(2)13-9/h7-8H,4-6H2,1-3H3,(H,10,11). The van der Waals surface area contributed by atoms with Crippen molar-refractivity contribution < 1.29 is 0 Å². The molecule has 1 N–H and O–H groups in total. The summed E-state index contributed by atoms with van der Waals surface area (Å²) in [6, 6.07) is 0. The van der Waals surface area contributed by atoms with E-state index in [1.165, 1.54) is 5.75 Å². The molecule has 4 heteroatoms. The van der Waals surface area contributed by atoms with Gasteiger partial charge in [0.05, 0.1) is 6.54 Å². The Hall–Kier alpha value is 0.170. The summed E-state index contributed by atoms with van der Waals surface area (Å²) < 4.78 is 0. The molecule has 0 aliphatic carbocycles. The van der Waals surface area contributed by atoms with Gasteiger partial charge in [-0.2, -0.15) is 11.8 Å². The van der Waals surface area contributed by atoms with Gasteiger partial charge in [-0.3, -0.25) is 4.99 Å². The third-order valence-electron chi connectivity index (χ3n) is 1.86. The lowest BCUT2D eigenvalue weighted by Crippen LogP contribution is -2.26. The molecule has 0 aromatic carbocycles. The second kappa shape index (κ2) is 5.81. The third-order valence-corrected chi connectivity index (χ3v) is 3.81. The zero-order valence-corrected chi connectivity index (χ0v) is 10.2. The van der Waals surface area contributed by atoms with Crippen LogP contribution in [0, 0.1) is 5.92 Å². The largest absolute Gasteiger partial charge is 0.365 e. The minimum atomic E-state index is 0.665. The molecule has 0 saturated heterocycles. The van der Waals surface area contributed by atoms with Crippen LogP contribution in [-0.2, 0) is 0 Å². The predicted octanol–water partition coefficient (Wildman–Crippen LogP) is 2.07. The first-order valence-electron chi connectivity index (χ1n) is 4.66. The van der Waals surface area contributed by atoms with Crippen LogP contribution in [0.1, 0.15) is 13.8 Å². The van der Waals surface area contributed by atoms with Gasteiger partial charge in [-0.1, -0.05) is 25.6 Å². The van der Waals surface area contributed by atoms with Crippen LogP contribution >= 0.6 is 23.5 Å². The van der Waals surface area contributed by atoms with E-state index in [2.05, 4.69) is 30.4 Å². The van der Waals surface area contributed by atoms with Gasteiger partial charge in [0.1, 0.15) is 0 Å². The summed E-state index contributed by atoms with van der Waals surface area (Å²) in [7, 11) is 0. The molecule has 0 bridgehead atoms. The van der Waals surface area contributed by atoms with Gasteiger partial charge in [0.15, 0.2) is 5.17 Å².